The van der Waals surface area contributed by atoms with Crippen LogP contribution in [0.3, 0.4) is 0 Å². The van der Waals surface area contributed by atoms with E-state index in [4.69, 9.17) is 27.9 Å². The molecule has 2 rings (SSSR count). The average Bonchev–Trinajstić information content (AvgIpc) is 2.64. The van der Waals surface area contributed by atoms with Crippen LogP contribution in [-0.4, -0.2) is 13.0 Å². The fraction of sp³-hybridized carbons (Fsp3) is 0.158. The second kappa shape index (κ2) is 9.14. The van der Waals surface area contributed by atoms with Crippen molar-refractivity contribution in [2.24, 2.45) is 0 Å². The summed E-state index contributed by atoms with van der Waals surface area (Å²) in [5, 5.41) is 15.6. The quantitative estimate of drug-likeness (QED) is 0.554. The first kappa shape index (κ1) is 19.6. The molecule has 2 N–H and O–H groups in total. The van der Waals surface area contributed by atoms with E-state index in [0.29, 0.717) is 15.7 Å². The fourth-order valence-corrected chi connectivity index (χ4v) is 2.58. The summed E-state index contributed by atoms with van der Waals surface area (Å²) in [6.45, 7) is 1.92. The molecule has 1 atom stereocenters. The minimum Gasteiger partial charge on any atom is -0.497 e. The second-order valence-electron chi connectivity index (χ2n) is 5.41. The van der Waals surface area contributed by atoms with Gasteiger partial charge in [0.1, 0.15) is 17.4 Å². The molecule has 0 spiro atoms. The maximum atomic E-state index is 12.3. The Morgan fingerprint density at radius 2 is 1.92 bits per heavy atom. The third-order valence-electron chi connectivity index (χ3n) is 3.64. The zero-order chi connectivity index (χ0) is 19.1. The average molecular weight is 390 g/mol. The molecule has 0 aliphatic carbocycles. The maximum absolute atomic E-state index is 12.3. The first-order chi connectivity index (χ1) is 12.4. The number of hydrogen-bond donors (Lipinski definition) is 2. The van der Waals surface area contributed by atoms with Crippen molar-refractivity contribution >= 4 is 34.8 Å². The summed E-state index contributed by atoms with van der Waals surface area (Å²) in [6.07, 6.45) is 1.38. The van der Waals surface area contributed by atoms with Crippen LogP contribution in [0.15, 0.2) is 54.2 Å². The number of amides is 1. The number of carbonyl (C=O) groups excluding carboxylic acids is 1. The van der Waals surface area contributed by atoms with Crippen LogP contribution < -0.4 is 15.4 Å². The van der Waals surface area contributed by atoms with E-state index in [2.05, 4.69) is 10.6 Å². The van der Waals surface area contributed by atoms with E-state index in [1.54, 1.807) is 19.2 Å². The molecule has 134 valence electrons. The Hall–Kier alpha value is -2.68. The van der Waals surface area contributed by atoms with Crippen LogP contribution in [0.1, 0.15) is 18.5 Å². The molecule has 0 aromatic heterocycles. The Labute approximate surface area is 162 Å². The van der Waals surface area contributed by atoms with E-state index >= 15 is 0 Å². The predicted molar refractivity (Wildman–Crippen MR) is 103 cm³/mol. The van der Waals surface area contributed by atoms with Gasteiger partial charge in [-0.15, -0.1) is 0 Å². The summed E-state index contributed by atoms with van der Waals surface area (Å²) in [5.74, 6) is 0.194. The first-order valence-corrected chi connectivity index (χ1v) is 8.47. The van der Waals surface area contributed by atoms with E-state index in [1.165, 1.54) is 12.3 Å². The lowest BCUT2D eigenvalue weighted by Gasteiger charge is -2.13. The van der Waals surface area contributed by atoms with Gasteiger partial charge in [0.25, 0.3) is 5.91 Å². The minimum atomic E-state index is -0.564. The zero-order valence-electron chi connectivity index (χ0n) is 14.2. The van der Waals surface area contributed by atoms with Gasteiger partial charge in [-0.2, -0.15) is 5.26 Å². The van der Waals surface area contributed by atoms with E-state index in [9.17, 15) is 10.1 Å². The van der Waals surface area contributed by atoms with Crippen molar-refractivity contribution in [1.82, 2.24) is 5.32 Å². The van der Waals surface area contributed by atoms with Gasteiger partial charge in [0.15, 0.2) is 0 Å². The molecule has 0 fully saturated rings. The van der Waals surface area contributed by atoms with Gasteiger partial charge in [-0.05, 0) is 42.8 Å². The molecule has 0 radical (unpaired) electrons. The number of methoxy groups -OCH3 is 1. The largest absolute Gasteiger partial charge is 0.497 e. The molecular weight excluding hydrogens is 373 g/mol. The minimum absolute atomic E-state index is 0.0728. The number of rotatable bonds is 6. The number of halogens is 2. The summed E-state index contributed by atoms with van der Waals surface area (Å²) in [7, 11) is 1.60. The summed E-state index contributed by atoms with van der Waals surface area (Å²) in [5.41, 5.74) is 1.29. The number of nitriles is 1. The highest BCUT2D eigenvalue weighted by Crippen LogP contribution is 2.25. The van der Waals surface area contributed by atoms with Gasteiger partial charge in [0.2, 0.25) is 0 Å². The van der Waals surface area contributed by atoms with Crippen molar-refractivity contribution in [2.45, 2.75) is 13.0 Å². The van der Waals surface area contributed by atoms with E-state index in [1.807, 2.05) is 37.3 Å². The van der Waals surface area contributed by atoms with Gasteiger partial charge in [0.05, 0.1) is 17.8 Å². The fourth-order valence-electron chi connectivity index (χ4n) is 2.13. The highest BCUT2D eigenvalue weighted by atomic mass is 35.5. The molecule has 2 aromatic rings. The van der Waals surface area contributed by atoms with Crippen LogP contribution in [0, 0.1) is 11.3 Å². The van der Waals surface area contributed by atoms with Crippen molar-refractivity contribution < 1.29 is 9.53 Å². The van der Waals surface area contributed by atoms with Gasteiger partial charge in [-0.3, -0.25) is 4.79 Å². The van der Waals surface area contributed by atoms with Gasteiger partial charge < -0.3 is 15.4 Å². The molecule has 0 aliphatic rings. The van der Waals surface area contributed by atoms with Crippen LogP contribution in [0.25, 0.3) is 0 Å². The predicted octanol–water partition coefficient (Wildman–Crippen LogP) is 4.70. The van der Waals surface area contributed by atoms with Gasteiger partial charge >= 0.3 is 0 Å². The smallest absolute Gasteiger partial charge is 0.267 e. The van der Waals surface area contributed by atoms with Crippen molar-refractivity contribution in [3.8, 4) is 11.8 Å². The van der Waals surface area contributed by atoms with Crippen molar-refractivity contribution in [2.75, 3.05) is 12.4 Å². The van der Waals surface area contributed by atoms with Gasteiger partial charge in [0, 0.05) is 17.3 Å². The van der Waals surface area contributed by atoms with Crippen LogP contribution in [0.4, 0.5) is 5.69 Å². The number of benzene rings is 2. The molecule has 1 amide bonds. The number of ether oxygens (including phenoxy) is 1. The molecule has 2 aromatic carbocycles. The molecule has 1 unspecified atom stereocenters. The van der Waals surface area contributed by atoms with Crippen LogP contribution >= 0.6 is 23.2 Å². The molecule has 0 saturated carbocycles. The molecule has 0 saturated heterocycles. The lowest BCUT2D eigenvalue weighted by atomic mass is 10.1. The number of carbonyl (C=O) groups is 1. The van der Waals surface area contributed by atoms with Crippen molar-refractivity contribution in [3.63, 3.8) is 0 Å². The van der Waals surface area contributed by atoms with Gasteiger partial charge in [-0.1, -0.05) is 35.3 Å². The Morgan fingerprint density at radius 1 is 1.23 bits per heavy atom. The third-order valence-corrected chi connectivity index (χ3v) is 4.19. The van der Waals surface area contributed by atoms with Crippen molar-refractivity contribution in [3.05, 3.63) is 69.8 Å². The van der Waals surface area contributed by atoms with Crippen LogP contribution in [0.5, 0.6) is 5.75 Å². The summed E-state index contributed by atoms with van der Waals surface area (Å²) in [4.78, 5) is 12.3. The molecule has 5 nitrogen and oxygen atoms in total. The molecule has 7 heteroatoms. The SMILES string of the molecule is COc1ccc(C(C)N/C=C(/C#N)C(=O)Nc2ccc(Cl)cc2Cl)cc1. The second-order valence-corrected chi connectivity index (χ2v) is 6.25. The highest BCUT2D eigenvalue weighted by Gasteiger charge is 2.12. The number of nitrogens with one attached hydrogen (secondary N) is 2. The molecule has 0 heterocycles. The standard InChI is InChI=1S/C19H17Cl2N3O2/c1-12(13-3-6-16(26-2)7-4-13)23-11-14(10-22)19(25)24-18-8-5-15(20)9-17(18)21/h3-9,11-12,23H,1-2H3,(H,24,25)/b14-11-. The zero-order valence-corrected chi connectivity index (χ0v) is 15.7. The summed E-state index contributed by atoms with van der Waals surface area (Å²) in [6, 6.07) is 14.0. The topological polar surface area (TPSA) is 74.1 Å². The molecule has 0 bridgehead atoms. The lowest BCUT2D eigenvalue weighted by molar-refractivity contribution is -0.112. The normalized spacial score (nSPS) is 12.0. The number of hydrogen-bond acceptors (Lipinski definition) is 4. The van der Waals surface area contributed by atoms with E-state index < -0.39 is 5.91 Å². The monoisotopic (exact) mass is 389 g/mol. The number of anilines is 1. The summed E-state index contributed by atoms with van der Waals surface area (Å²) < 4.78 is 5.12. The van der Waals surface area contributed by atoms with E-state index in [0.717, 1.165) is 11.3 Å². The Balaban J connectivity index is 2.06. The third kappa shape index (κ3) is 5.16. The summed E-state index contributed by atoms with van der Waals surface area (Å²) >= 11 is 11.9. The Bertz CT molecular complexity index is 858. The number of nitrogens with zero attached hydrogens (tertiary/aromatic N) is 1. The molecule has 26 heavy (non-hydrogen) atoms. The Kier molecular flexibility index (Phi) is 6.90. The van der Waals surface area contributed by atoms with E-state index in [-0.39, 0.29) is 11.6 Å². The highest BCUT2D eigenvalue weighted by molar-refractivity contribution is 6.36. The maximum Gasteiger partial charge on any atom is 0.267 e. The molecule has 0 aliphatic heterocycles. The molecular formula is C19H17Cl2N3O2. The van der Waals surface area contributed by atoms with Crippen molar-refractivity contribution in [1.29, 1.82) is 5.26 Å². The lowest BCUT2D eigenvalue weighted by Crippen LogP contribution is -2.18. The first-order valence-electron chi connectivity index (χ1n) is 7.71. The Morgan fingerprint density at radius 3 is 2.50 bits per heavy atom. The van der Waals surface area contributed by atoms with Crippen LogP contribution in [0.2, 0.25) is 10.0 Å². The van der Waals surface area contributed by atoms with Gasteiger partial charge in [-0.25, -0.2) is 0 Å². The van der Waals surface area contributed by atoms with Crippen LogP contribution in [-0.2, 0) is 4.79 Å².